The summed E-state index contributed by atoms with van der Waals surface area (Å²) in [5.41, 5.74) is 0.128. The number of rotatable bonds is 8. The third kappa shape index (κ3) is 4.83. The van der Waals surface area contributed by atoms with Crippen molar-refractivity contribution < 1.29 is 19.2 Å². The fraction of sp³-hybridized carbons (Fsp3) is 0.462. The second-order valence-electron chi connectivity index (χ2n) is 4.86. The highest BCUT2D eigenvalue weighted by Gasteiger charge is 2.40. The van der Waals surface area contributed by atoms with Gasteiger partial charge in [-0.3, -0.25) is 14.4 Å². The highest BCUT2D eigenvalue weighted by molar-refractivity contribution is 7.98. The molecule has 0 aromatic carbocycles. The van der Waals surface area contributed by atoms with Crippen molar-refractivity contribution in [2.45, 2.75) is 12.1 Å². The number of hydrogen-bond donors (Lipinski definition) is 3. The van der Waals surface area contributed by atoms with Gasteiger partial charge in [0.25, 0.3) is 5.91 Å². The third-order valence-corrected chi connectivity index (χ3v) is 4.85. The summed E-state index contributed by atoms with van der Waals surface area (Å²) in [6.07, 6.45) is 1.91. The van der Waals surface area contributed by atoms with Gasteiger partial charge in [0.2, 0.25) is 11.8 Å². The molecule has 9 nitrogen and oxygen atoms in total. The lowest BCUT2D eigenvalue weighted by Crippen LogP contribution is -2.70. The number of nitrogens with zero attached hydrogens (tertiary/aromatic N) is 2. The van der Waals surface area contributed by atoms with Gasteiger partial charge in [0.1, 0.15) is 24.7 Å². The number of nitrogens with one attached hydrogen (secondary N) is 3. The number of alkyl halides is 1. The Bertz CT molecular complexity index is 696. The molecular weight excluding hydrogens is 390 g/mol. The standard InChI is InChI=1S/C13H16ClN5O4S2/c1-23-19-10(7-5-25-13(16-7)17-8(20)3-14)12(22)18-9-6(4-24-2)15-11(9)21/h5-6,9H,3-4H2,1-2H3,(H,15,21)(H,18,22)(H,16,17,20)/t6-,9+/m1/s1. The van der Waals surface area contributed by atoms with Gasteiger partial charge in [0, 0.05) is 11.1 Å². The fourth-order valence-corrected chi connectivity index (χ4v) is 3.44. The Kier molecular flexibility index (Phi) is 7.02. The monoisotopic (exact) mass is 405 g/mol. The van der Waals surface area contributed by atoms with Crippen LogP contribution in [-0.4, -0.2) is 65.5 Å². The number of thiazole rings is 1. The number of halogens is 1. The highest BCUT2D eigenvalue weighted by atomic mass is 35.5. The van der Waals surface area contributed by atoms with Crippen LogP contribution in [0.4, 0.5) is 5.13 Å². The van der Waals surface area contributed by atoms with E-state index in [1.54, 1.807) is 17.1 Å². The van der Waals surface area contributed by atoms with Gasteiger partial charge >= 0.3 is 0 Å². The molecule has 3 amide bonds. The quantitative estimate of drug-likeness (QED) is 0.242. The van der Waals surface area contributed by atoms with Gasteiger partial charge in [-0.25, -0.2) is 4.98 Å². The summed E-state index contributed by atoms with van der Waals surface area (Å²) in [6.45, 7) is 0. The van der Waals surface area contributed by atoms with Crippen molar-refractivity contribution in [1.82, 2.24) is 15.6 Å². The largest absolute Gasteiger partial charge is 0.398 e. The summed E-state index contributed by atoms with van der Waals surface area (Å²) in [4.78, 5) is 44.2. The second-order valence-corrected chi connectivity index (χ2v) is 6.90. The van der Waals surface area contributed by atoms with Crippen molar-refractivity contribution in [3.05, 3.63) is 11.1 Å². The van der Waals surface area contributed by atoms with Crippen LogP contribution in [0.25, 0.3) is 0 Å². The molecule has 1 aromatic heterocycles. The van der Waals surface area contributed by atoms with Crippen molar-refractivity contribution in [3.8, 4) is 0 Å². The minimum atomic E-state index is -0.629. The summed E-state index contributed by atoms with van der Waals surface area (Å²) in [7, 11) is 1.29. The topological polar surface area (TPSA) is 122 Å². The Morgan fingerprint density at radius 2 is 2.32 bits per heavy atom. The van der Waals surface area contributed by atoms with E-state index >= 15 is 0 Å². The van der Waals surface area contributed by atoms with Crippen LogP contribution in [-0.2, 0) is 19.2 Å². The summed E-state index contributed by atoms with van der Waals surface area (Å²) in [5, 5.41) is 13.3. The summed E-state index contributed by atoms with van der Waals surface area (Å²) in [6, 6.07) is -0.764. The van der Waals surface area contributed by atoms with Crippen LogP contribution in [0.5, 0.6) is 0 Å². The van der Waals surface area contributed by atoms with Crippen molar-refractivity contribution >= 4 is 63.3 Å². The van der Waals surface area contributed by atoms with Gasteiger partial charge < -0.3 is 20.8 Å². The average molecular weight is 406 g/mol. The molecule has 0 unspecified atom stereocenters. The molecule has 2 rings (SSSR count). The van der Waals surface area contributed by atoms with Crippen molar-refractivity contribution in [2.75, 3.05) is 30.3 Å². The maximum Gasteiger partial charge on any atom is 0.276 e. The van der Waals surface area contributed by atoms with Gasteiger partial charge in [0.05, 0.1) is 6.04 Å². The number of amides is 3. The fourth-order valence-electron chi connectivity index (χ4n) is 2.02. The maximum absolute atomic E-state index is 12.5. The summed E-state index contributed by atoms with van der Waals surface area (Å²) >= 11 is 8.10. The maximum atomic E-state index is 12.5. The van der Waals surface area contributed by atoms with Crippen molar-refractivity contribution in [1.29, 1.82) is 0 Å². The molecule has 12 heteroatoms. The summed E-state index contributed by atoms with van der Waals surface area (Å²) < 4.78 is 0. The van der Waals surface area contributed by atoms with E-state index in [0.29, 0.717) is 5.75 Å². The first-order valence-electron chi connectivity index (χ1n) is 7.03. The number of oxime groups is 1. The van der Waals surface area contributed by atoms with Gasteiger partial charge in [-0.05, 0) is 6.26 Å². The molecule has 1 aromatic rings. The first-order valence-corrected chi connectivity index (χ1v) is 9.84. The molecule has 0 aliphatic carbocycles. The zero-order valence-electron chi connectivity index (χ0n) is 13.4. The third-order valence-electron chi connectivity index (χ3n) is 3.16. The summed E-state index contributed by atoms with van der Waals surface area (Å²) in [5.74, 6) is -0.782. The molecule has 2 atom stereocenters. The van der Waals surface area contributed by atoms with Crippen LogP contribution >= 0.6 is 34.7 Å². The van der Waals surface area contributed by atoms with Crippen LogP contribution in [0, 0.1) is 0 Å². The molecule has 2 heterocycles. The van der Waals surface area contributed by atoms with Crippen molar-refractivity contribution in [2.24, 2.45) is 5.16 Å². The number of carbonyl (C=O) groups is 3. The van der Waals surface area contributed by atoms with Gasteiger partial charge in [-0.1, -0.05) is 5.16 Å². The molecule has 1 saturated heterocycles. The molecular formula is C13H16ClN5O4S2. The molecule has 0 saturated carbocycles. The zero-order valence-corrected chi connectivity index (χ0v) is 15.8. The van der Waals surface area contributed by atoms with E-state index < -0.39 is 17.9 Å². The van der Waals surface area contributed by atoms with Crippen LogP contribution in [0.15, 0.2) is 10.5 Å². The molecule has 3 N–H and O–H groups in total. The number of anilines is 1. The normalized spacial score (nSPS) is 19.6. The second kappa shape index (κ2) is 9.02. The Hall–Kier alpha value is -1.85. The van der Waals surface area contributed by atoms with E-state index in [-0.39, 0.29) is 34.4 Å². The van der Waals surface area contributed by atoms with E-state index in [9.17, 15) is 14.4 Å². The first kappa shape index (κ1) is 19.5. The lowest BCUT2D eigenvalue weighted by Gasteiger charge is -2.36. The Labute approximate surface area is 156 Å². The number of thioether (sulfide) groups is 1. The molecule has 0 radical (unpaired) electrons. The minimum Gasteiger partial charge on any atom is -0.398 e. The number of aromatic nitrogens is 1. The predicted octanol–water partition coefficient (Wildman–Crippen LogP) is 0.0171. The minimum absolute atomic E-state index is 0.0901. The Balaban J connectivity index is 2.10. The van der Waals surface area contributed by atoms with E-state index in [4.69, 9.17) is 16.4 Å². The molecule has 0 spiro atoms. The molecule has 1 aliphatic rings. The van der Waals surface area contributed by atoms with Crippen LogP contribution in [0.2, 0.25) is 0 Å². The first-order chi connectivity index (χ1) is 12.0. The lowest BCUT2D eigenvalue weighted by molar-refractivity contribution is -0.134. The molecule has 1 aliphatic heterocycles. The van der Waals surface area contributed by atoms with E-state index in [0.717, 1.165) is 11.3 Å². The molecule has 1 fully saturated rings. The number of β-lactam (4-membered cyclic amide) rings is 1. The predicted molar refractivity (Wildman–Crippen MR) is 97.3 cm³/mol. The van der Waals surface area contributed by atoms with Crippen LogP contribution < -0.4 is 16.0 Å². The molecule has 25 heavy (non-hydrogen) atoms. The smallest absolute Gasteiger partial charge is 0.276 e. The van der Waals surface area contributed by atoms with Crippen molar-refractivity contribution in [3.63, 3.8) is 0 Å². The zero-order chi connectivity index (χ0) is 18.4. The molecule has 0 bridgehead atoms. The SMILES string of the molecule is CON=C(C(=O)N[C@@H]1C(=O)N[C@@H]1CSC)c1csc(NC(=O)CCl)n1. The molecule has 136 valence electrons. The van der Waals surface area contributed by atoms with Crippen LogP contribution in [0.1, 0.15) is 5.69 Å². The number of hydrogen-bond acceptors (Lipinski definition) is 8. The van der Waals surface area contributed by atoms with Gasteiger partial charge in [-0.15, -0.1) is 22.9 Å². The Morgan fingerprint density at radius 3 is 2.92 bits per heavy atom. The van der Waals surface area contributed by atoms with Crippen LogP contribution in [0.3, 0.4) is 0 Å². The van der Waals surface area contributed by atoms with Gasteiger partial charge in [-0.2, -0.15) is 11.8 Å². The Morgan fingerprint density at radius 1 is 1.56 bits per heavy atom. The van der Waals surface area contributed by atoms with E-state index in [2.05, 4.69) is 26.1 Å². The highest BCUT2D eigenvalue weighted by Crippen LogP contribution is 2.17. The van der Waals surface area contributed by atoms with E-state index in [1.165, 1.54) is 7.11 Å². The van der Waals surface area contributed by atoms with Gasteiger partial charge in [0.15, 0.2) is 10.8 Å². The average Bonchev–Trinajstić information content (AvgIpc) is 3.05. The van der Waals surface area contributed by atoms with E-state index in [1.807, 2.05) is 6.26 Å². The lowest BCUT2D eigenvalue weighted by atomic mass is 10.0. The number of carbonyl (C=O) groups excluding carboxylic acids is 3.